The molecule has 0 rings (SSSR count). The molecule has 1 N–H and O–H groups in total. The highest BCUT2D eigenvalue weighted by Crippen LogP contribution is 2.27. The number of hydrogen-bond acceptors (Lipinski definition) is 2. The topological polar surface area (TPSA) is 54.4 Å². The molecule has 0 aromatic rings. The lowest BCUT2D eigenvalue weighted by Gasteiger charge is -2.13. The van der Waals surface area contributed by atoms with Crippen molar-refractivity contribution in [3.8, 4) is 0 Å². The van der Waals surface area contributed by atoms with Crippen molar-refractivity contribution >= 4 is 14.4 Å². The van der Waals surface area contributed by atoms with Crippen molar-refractivity contribution in [2.45, 2.75) is 45.7 Å². The van der Waals surface area contributed by atoms with E-state index in [-0.39, 0.29) is 14.1 Å². The molecule has 0 aliphatic rings. The fraction of sp³-hybridized carbons (Fsp3) is 0.700. The fourth-order valence-electron chi connectivity index (χ4n) is 1.55. The van der Waals surface area contributed by atoms with Gasteiger partial charge in [0.25, 0.3) is 0 Å². The van der Waals surface area contributed by atoms with E-state index in [0.717, 1.165) is 5.57 Å². The largest absolute Gasteiger partial charge is 0.478 e. The summed E-state index contributed by atoms with van der Waals surface area (Å²) in [5, 5.41) is 8.95. The summed E-state index contributed by atoms with van der Waals surface area (Å²) in [6.07, 6.45) is 1.86. The Morgan fingerprint density at radius 2 is 1.86 bits per heavy atom. The SMILES string of the molecule is CC/C(C(=O)O)=C(/CC)C(CC)P=O. The Hall–Kier alpha value is -0.690. The quantitative estimate of drug-likeness (QED) is 0.547. The van der Waals surface area contributed by atoms with Gasteiger partial charge in [-0.3, -0.25) is 4.57 Å². The van der Waals surface area contributed by atoms with E-state index < -0.39 is 5.97 Å². The van der Waals surface area contributed by atoms with Crippen molar-refractivity contribution in [1.82, 2.24) is 0 Å². The van der Waals surface area contributed by atoms with Gasteiger partial charge in [-0.25, -0.2) is 4.79 Å². The standard InChI is InChI=1S/C10H17O3P/c1-4-7(9(6-3)14-13)8(5-2)10(11)12/h9H,4-6H2,1-3H3,(H,11,12)/b8-7+. The Bertz CT molecular complexity index is 246. The molecule has 0 aliphatic carbocycles. The Morgan fingerprint density at radius 1 is 1.29 bits per heavy atom. The Labute approximate surface area is 86.4 Å². The van der Waals surface area contributed by atoms with E-state index in [0.29, 0.717) is 24.8 Å². The van der Waals surface area contributed by atoms with Crippen molar-refractivity contribution in [3.63, 3.8) is 0 Å². The first-order valence-corrected chi connectivity index (χ1v) is 5.78. The summed E-state index contributed by atoms with van der Waals surface area (Å²) in [7, 11) is 0.0229. The van der Waals surface area contributed by atoms with Gasteiger partial charge >= 0.3 is 5.97 Å². The molecule has 80 valence electrons. The molecule has 0 aromatic heterocycles. The molecule has 0 aromatic carbocycles. The van der Waals surface area contributed by atoms with E-state index in [1.165, 1.54) is 0 Å². The highest BCUT2D eigenvalue weighted by Gasteiger charge is 2.18. The highest BCUT2D eigenvalue weighted by molar-refractivity contribution is 7.25. The Morgan fingerprint density at radius 3 is 2.07 bits per heavy atom. The van der Waals surface area contributed by atoms with Crippen LogP contribution in [0, 0.1) is 0 Å². The van der Waals surface area contributed by atoms with Gasteiger partial charge in [-0.2, -0.15) is 0 Å². The van der Waals surface area contributed by atoms with Gasteiger partial charge in [0.05, 0.1) is 5.66 Å². The van der Waals surface area contributed by atoms with Crippen molar-refractivity contribution in [3.05, 3.63) is 11.1 Å². The minimum atomic E-state index is -0.883. The Balaban J connectivity index is 5.14. The monoisotopic (exact) mass is 216 g/mol. The van der Waals surface area contributed by atoms with Gasteiger partial charge in [0.2, 0.25) is 0 Å². The number of carboxylic acid groups (broad SMARTS) is 1. The lowest BCUT2D eigenvalue weighted by atomic mass is 9.99. The first kappa shape index (κ1) is 13.3. The molecule has 0 heterocycles. The third-order valence-corrected chi connectivity index (χ3v) is 3.23. The van der Waals surface area contributed by atoms with Crippen LogP contribution in [0.25, 0.3) is 0 Å². The highest BCUT2D eigenvalue weighted by atomic mass is 31.1. The van der Waals surface area contributed by atoms with Crippen LogP contribution in [0.5, 0.6) is 0 Å². The normalized spacial score (nSPS) is 15.1. The van der Waals surface area contributed by atoms with Crippen LogP contribution in [0.2, 0.25) is 0 Å². The lowest BCUT2D eigenvalue weighted by molar-refractivity contribution is -0.132. The van der Waals surface area contributed by atoms with Gasteiger partial charge in [0, 0.05) is 5.57 Å². The van der Waals surface area contributed by atoms with Crippen LogP contribution in [0.3, 0.4) is 0 Å². The van der Waals surface area contributed by atoms with Crippen LogP contribution in [0.1, 0.15) is 40.0 Å². The van der Waals surface area contributed by atoms with E-state index >= 15 is 0 Å². The first-order chi connectivity index (χ1) is 6.62. The van der Waals surface area contributed by atoms with Gasteiger partial charge in [-0.05, 0) is 24.8 Å². The molecule has 0 saturated carbocycles. The van der Waals surface area contributed by atoms with E-state index in [4.69, 9.17) is 5.11 Å². The fourth-order valence-corrected chi connectivity index (χ4v) is 2.17. The van der Waals surface area contributed by atoms with Crippen molar-refractivity contribution < 1.29 is 14.5 Å². The maximum Gasteiger partial charge on any atom is 0.331 e. The molecule has 0 bridgehead atoms. The van der Waals surface area contributed by atoms with Crippen LogP contribution in [0.4, 0.5) is 0 Å². The van der Waals surface area contributed by atoms with E-state index in [2.05, 4.69) is 0 Å². The van der Waals surface area contributed by atoms with Crippen LogP contribution in [-0.4, -0.2) is 16.7 Å². The molecule has 14 heavy (non-hydrogen) atoms. The van der Waals surface area contributed by atoms with Crippen LogP contribution < -0.4 is 0 Å². The zero-order valence-corrected chi connectivity index (χ0v) is 9.80. The van der Waals surface area contributed by atoms with Crippen LogP contribution in [0.15, 0.2) is 11.1 Å². The smallest absolute Gasteiger partial charge is 0.331 e. The first-order valence-electron chi connectivity index (χ1n) is 4.89. The van der Waals surface area contributed by atoms with Gasteiger partial charge in [0.15, 0.2) is 8.46 Å². The maximum absolute atomic E-state index is 10.9. The Kier molecular flexibility index (Phi) is 6.39. The van der Waals surface area contributed by atoms with Crippen molar-refractivity contribution in [1.29, 1.82) is 0 Å². The van der Waals surface area contributed by atoms with E-state index in [1.54, 1.807) is 0 Å². The third-order valence-electron chi connectivity index (χ3n) is 2.30. The van der Waals surface area contributed by atoms with E-state index in [9.17, 15) is 9.36 Å². The average Bonchev–Trinajstić information content (AvgIpc) is 2.17. The zero-order chi connectivity index (χ0) is 11.1. The second-order valence-corrected chi connectivity index (χ2v) is 3.88. The lowest BCUT2D eigenvalue weighted by Crippen LogP contribution is -2.10. The summed E-state index contributed by atoms with van der Waals surface area (Å²) < 4.78 is 10.8. The number of carboxylic acids is 1. The molecule has 0 spiro atoms. The average molecular weight is 216 g/mol. The molecule has 0 aliphatic heterocycles. The second-order valence-electron chi connectivity index (χ2n) is 3.05. The summed E-state index contributed by atoms with van der Waals surface area (Å²) in [6, 6.07) is 0. The van der Waals surface area contributed by atoms with Crippen molar-refractivity contribution in [2.75, 3.05) is 0 Å². The number of hydrogen-bond donors (Lipinski definition) is 1. The van der Waals surface area contributed by atoms with Gasteiger partial charge in [-0.1, -0.05) is 20.8 Å². The van der Waals surface area contributed by atoms with Gasteiger partial charge in [0.1, 0.15) is 0 Å². The van der Waals surface area contributed by atoms with E-state index in [1.807, 2.05) is 20.8 Å². The molecule has 0 amide bonds. The molecule has 1 unspecified atom stereocenters. The predicted molar refractivity (Wildman–Crippen MR) is 56.9 cm³/mol. The predicted octanol–water partition coefficient (Wildman–Crippen LogP) is 3.26. The second kappa shape index (κ2) is 6.72. The number of carbonyl (C=O) groups is 1. The molecular formula is C10H17O3P. The summed E-state index contributed by atoms with van der Waals surface area (Å²) in [5.41, 5.74) is 1.10. The maximum atomic E-state index is 10.9. The number of aliphatic carboxylic acids is 1. The molecular weight excluding hydrogens is 199 g/mol. The molecule has 4 heteroatoms. The van der Waals surface area contributed by atoms with Crippen LogP contribution >= 0.6 is 8.46 Å². The third kappa shape index (κ3) is 3.22. The summed E-state index contributed by atoms with van der Waals surface area (Å²) in [6.45, 7) is 5.63. The van der Waals surface area contributed by atoms with Crippen LogP contribution in [-0.2, 0) is 9.36 Å². The number of rotatable bonds is 6. The molecule has 1 atom stereocenters. The van der Waals surface area contributed by atoms with Crippen molar-refractivity contribution in [2.24, 2.45) is 0 Å². The molecule has 3 nitrogen and oxygen atoms in total. The molecule has 0 saturated heterocycles. The summed E-state index contributed by atoms with van der Waals surface area (Å²) in [5.74, 6) is -0.883. The number of allylic oxidation sites excluding steroid dienone is 1. The summed E-state index contributed by atoms with van der Waals surface area (Å²) in [4.78, 5) is 10.9. The minimum Gasteiger partial charge on any atom is -0.478 e. The summed E-state index contributed by atoms with van der Waals surface area (Å²) >= 11 is 0. The molecule has 0 radical (unpaired) electrons. The van der Waals surface area contributed by atoms with Gasteiger partial charge < -0.3 is 5.11 Å². The minimum absolute atomic E-state index is 0.0229. The molecule has 0 fully saturated rings. The van der Waals surface area contributed by atoms with Gasteiger partial charge in [-0.15, -0.1) is 0 Å². The zero-order valence-electron chi connectivity index (χ0n) is 8.91.